The quantitative estimate of drug-likeness (QED) is 0.339. The second kappa shape index (κ2) is 8.96. The van der Waals surface area contributed by atoms with E-state index in [9.17, 15) is 10.1 Å². The van der Waals surface area contributed by atoms with Gasteiger partial charge in [-0.15, -0.1) is 11.3 Å². The molecule has 0 unspecified atom stereocenters. The second-order valence-corrected chi connectivity index (χ2v) is 6.38. The normalized spacial score (nSPS) is 10.8. The lowest BCUT2D eigenvalue weighted by atomic mass is 10.1. The summed E-state index contributed by atoms with van der Waals surface area (Å²) in [6, 6.07) is 11.8. The minimum atomic E-state index is -0.429. The standard InChI is InChI=1S/C19H18N4O4S/c1-3-27-18-14(5-4-6-17(18)26-2)11-20-22-19-21-16(12-28-19)13-7-9-15(10-8-13)23(24)25/h4-12H,3H2,1-2H3,(H,21,22)/b20-11+. The van der Waals surface area contributed by atoms with Crippen LogP contribution in [0.4, 0.5) is 10.8 Å². The molecule has 2 aromatic carbocycles. The Morgan fingerprint density at radius 1 is 1.29 bits per heavy atom. The predicted molar refractivity (Wildman–Crippen MR) is 110 cm³/mol. The van der Waals surface area contributed by atoms with Crippen LogP contribution < -0.4 is 14.9 Å². The van der Waals surface area contributed by atoms with Crippen molar-refractivity contribution in [1.29, 1.82) is 0 Å². The maximum Gasteiger partial charge on any atom is 0.269 e. The van der Waals surface area contributed by atoms with Gasteiger partial charge in [-0.2, -0.15) is 5.10 Å². The second-order valence-electron chi connectivity index (χ2n) is 5.52. The van der Waals surface area contributed by atoms with Crippen molar-refractivity contribution in [2.75, 3.05) is 19.1 Å². The number of non-ortho nitro benzene ring substituents is 1. The molecule has 9 heteroatoms. The molecule has 3 rings (SSSR count). The lowest BCUT2D eigenvalue weighted by Gasteiger charge is -2.11. The van der Waals surface area contributed by atoms with Crippen LogP contribution in [-0.2, 0) is 0 Å². The van der Waals surface area contributed by atoms with Crippen molar-refractivity contribution in [2.24, 2.45) is 5.10 Å². The number of aromatic nitrogens is 1. The molecular weight excluding hydrogens is 380 g/mol. The zero-order valence-electron chi connectivity index (χ0n) is 15.3. The summed E-state index contributed by atoms with van der Waals surface area (Å²) in [6.45, 7) is 2.42. The Morgan fingerprint density at radius 2 is 2.07 bits per heavy atom. The number of hydrazone groups is 1. The largest absolute Gasteiger partial charge is 0.493 e. The Balaban J connectivity index is 1.72. The average molecular weight is 398 g/mol. The highest BCUT2D eigenvalue weighted by Gasteiger charge is 2.09. The van der Waals surface area contributed by atoms with Crippen molar-refractivity contribution in [3.8, 4) is 22.8 Å². The van der Waals surface area contributed by atoms with E-state index in [1.807, 2.05) is 30.5 Å². The van der Waals surface area contributed by atoms with Gasteiger partial charge >= 0.3 is 0 Å². The number of anilines is 1. The number of nitrogens with zero attached hydrogens (tertiary/aromatic N) is 3. The number of nitrogens with one attached hydrogen (secondary N) is 1. The molecule has 0 aliphatic rings. The fourth-order valence-electron chi connectivity index (χ4n) is 2.46. The molecule has 0 aliphatic carbocycles. The van der Waals surface area contributed by atoms with Gasteiger partial charge in [0.1, 0.15) is 0 Å². The molecular formula is C19H18N4O4S. The number of nitro benzene ring substituents is 1. The molecule has 0 atom stereocenters. The lowest BCUT2D eigenvalue weighted by molar-refractivity contribution is -0.384. The number of benzene rings is 2. The number of rotatable bonds is 8. The van der Waals surface area contributed by atoms with Crippen LogP contribution in [0.1, 0.15) is 12.5 Å². The van der Waals surface area contributed by atoms with Crippen molar-refractivity contribution in [1.82, 2.24) is 4.98 Å². The van der Waals surface area contributed by atoms with E-state index >= 15 is 0 Å². The molecule has 3 aromatic rings. The van der Waals surface area contributed by atoms with Crippen molar-refractivity contribution in [2.45, 2.75) is 6.92 Å². The van der Waals surface area contributed by atoms with E-state index in [1.54, 1.807) is 25.5 Å². The number of para-hydroxylation sites is 1. The third kappa shape index (κ3) is 4.44. The molecule has 0 radical (unpaired) electrons. The third-order valence-corrected chi connectivity index (χ3v) is 4.51. The highest BCUT2D eigenvalue weighted by atomic mass is 32.1. The first-order valence-corrected chi connectivity index (χ1v) is 9.29. The van der Waals surface area contributed by atoms with E-state index < -0.39 is 4.92 Å². The summed E-state index contributed by atoms with van der Waals surface area (Å²) in [7, 11) is 1.59. The van der Waals surface area contributed by atoms with Gasteiger partial charge in [-0.05, 0) is 31.2 Å². The lowest BCUT2D eigenvalue weighted by Crippen LogP contribution is -2.00. The minimum Gasteiger partial charge on any atom is -0.493 e. The molecule has 0 bridgehead atoms. The van der Waals surface area contributed by atoms with Gasteiger partial charge < -0.3 is 9.47 Å². The first-order chi connectivity index (χ1) is 13.6. The zero-order chi connectivity index (χ0) is 19.9. The number of thiazole rings is 1. The van der Waals surface area contributed by atoms with Crippen LogP contribution in [-0.4, -0.2) is 29.8 Å². The van der Waals surface area contributed by atoms with Gasteiger partial charge in [0.2, 0.25) is 5.13 Å². The van der Waals surface area contributed by atoms with Crippen molar-refractivity contribution in [3.05, 3.63) is 63.5 Å². The van der Waals surface area contributed by atoms with Crippen LogP contribution in [0.3, 0.4) is 0 Å². The number of ether oxygens (including phenoxy) is 2. The third-order valence-electron chi connectivity index (χ3n) is 3.76. The van der Waals surface area contributed by atoms with Crippen molar-refractivity contribution >= 4 is 28.4 Å². The van der Waals surface area contributed by atoms with Gasteiger partial charge in [-0.3, -0.25) is 15.5 Å². The molecule has 8 nitrogen and oxygen atoms in total. The smallest absolute Gasteiger partial charge is 0.269 e. The van der Waals surface area contributed by atoms with Crippen LogP contribution in [0.2, 0.25) is 0 Å². The fourth-order valence-corrected chi connectivity index (χ4v) is 3.13. The van der Waals surface area contributed by atoms with E-state index in [2.05, 4.69) is 15.5 Å². The van der Waals surface area contributed by atoms with Gasteiger partial charge in [0.05, 0.1) is 30.5 Å². The summed E-state index contributed by atoms with van der Waals surface area (Å²) in [4.78, 5) is 14.8. The minimum absolute atomic E-state index is 0.0466. The molecule has 0 saturated carbocycles. The Morgan fingerprint density at radius 3 is 2.75 bits per heavy atom. The molecule has 28 heavy (non-hydrogen) atoms. The molecule has 144 valence electrons. The monoisotopic (exact) mass is 398 g/mol. The first kappa shape index (κ1) is 19.3. The van der Waals surface area contributed by atoms with Crippen LogP contribution in [0, 0.1) is 10.1 Å². The van der Waals surface area contributed by atoms with E-state index in [-0.39, 0.29) is 5.69 Å². The van der Waals surface area contributed by atoms with Gasteiger partial charge in [0, 0.05) is 28.6 Å². The molecule has 1 heterocycles. The summed E-state index contributed by atoms with van der Waals surface area (Å²) in [5.41, 5.74) is 5.23. The Hall–Kier alpha value is -3.46. The van der Waals surface area contributed by atoms with Crippen LogP contribution in [0.15, 0.2) is 52.9 Å². The van der Waals surface area contributed by atoms with E-state index in [1.165, 1.54) is 23.5 Å². The van der Waals surface area contributed by atoms with Gasteiger partial charge in [-0.1, -0.05) is 6.07 Å². The average Bonchev–Trinajstić information content (AvgIpc) is 3.18. The fraction of sp³-hybridized carbons (Fsp3) is 0.158. The molecule has 0 amide bonds. The Kier molecular flexibility index (Phi) is 6.18. The summed E-state index contributed by atoms with van der Waals surface area (Å²) in [5, 5.41) is 17.4. The Labute approximate surface area is 165 Å². The predicted octanol–water partition coefficient (Wildman–Crippen LogP) is 4.57. The van der Waals surface area contributed by atoms with E-state index in [4.69, 9.17) is 9.47 Å². The molecule has 1 aromatic heterocycles. The number of methoxy groups -OCH3 is 1. The summed E-state index contributed by atoms with van der Waals surface area (Å²) >= 11 is 1.39. The van der Waals surface area contributed by atoms with Crippen molar-refractivity contribution < 1.29 is 14.4 Å². The highest BCUT2D eigenvalue weighted by molar-refractivity contribution is 7.14. The van der Waals surface area contributed by atoms with E-state index in [0.29, 0.717) is 28.9 Å². The van der Waals surface area contributed by atoms with Gasteiger partial charge in [-0.25, -0.2) is 4.98 Å². The number of hydrogen-bond donors (Lipinski definition) is 1. The topological polar surface area (TPSA) is 98.9 Å². The van der Waals surface area contributed by atoms with Gasteiger partial charge in [0.15, 0.2) is 11.5 Å². The molecule has 1 N–H and O–H groups in total. The summed E-state index contributed by atoms with van der Waals surface area (Å²) < 4.78 is 11.0. The molecule has 0 fully saturated rings. The number of nitro groups is 1. The van der Waals surface area contributed by atoms with Gasteiger partial charge in [0.25, 0.3) is 5.69 Å². The maximum atomic E-state index is 10.7. The summed E-state index contributed by atoms with van der Waals surface area (Å²) in [5.74, 6) is 1.27. The number of hydrogen-bond acceptors (Lipinski definition) is 8. The van der Waals surface area contributed by atoms with Crippen molar-refractivity contribution in [3.63, 3.8) is 0 Å². The molecule has 0 spiro atoms. The highest BCUT2D eigenvalue weighted by Crippen LogP contribution is 2.30. The van der Waals surface area contributed by atoms with E-state index in [0.717, 1.165) is 11.1 Å². The van der Waals surface area contributed by atoms with Crippen LogP contribution in [0.5, 0.6) is 11.5 Å². The zero-order valence-corrected chi connectivity index (χ0v) is 16.1. The Bertz CT molecular complexity index is 986. The van der Waals surface area contributed by atoms with Crippen LogP contribution >= 0.6 is 11.3 Å². The maximum absolute atomic E-state index is 10.7. The SMILES string of the molecule is CCOc1c(/C=N/Nc2nc(-c3ccc([N+](=O)[O-])cc3)cs2)cccc1OC. The molecule has 0 aliphatic heterocycles. The summed E-state index contributed by atoms with van der Waals surface area (Å²) in [6.07, 6.45) is 1.64. The van der Waals surface area contributed by atoms with Crippen LogP contribution in [0.25, 0.3) is 11.3 Å². The first-order valence-electron chi connectivity index (χ1n) is 8.41. The molecule has 0 saturated heterocycles.